The number of unbranched alkanes of at least 4 members (excludes halogenated alkanes) is 6. The Hall–Kier alpha value is -2.57. The van der Waals surface area contributed by atoms with Crippen molar-refractivity contribution in [3.8, 4) is 11.5 Å². The first-order chi connectivity index (χ1) is 14.0. The molecule has 0 spiro atoms. The minimum Gasteiger partial charge on any atom is -0.489 e. The zero-order chi connectivity index (χ0) is 21.2. The normalized spacial score (nSPS) is 11.0. The number of nitro benzene ring substituents is 1. The molecule has 2 rings (SSSR count). The zero-order valence-electron chi connectivity index (χ0n) is 17.7. The van der Waals surface area contributed by atoms with Gasteiger partial charge in [0, 0.05) is 24.6 Å². The summed E-state index contributed by atoms with van der Waals surface area (Å²) in [7, 11) is 1.60. The largest absolute Gasteiger partial charge is 0.489 e. The van der Waals surface area contributed by atoms with Crippen LogP contribution >= 0.6 is 0 Å². The second kappa shape index (κ2) is 11.4. The van der Waals surface area contributed by atoms with E-state index in [0.717, 1.165) is 51.4 Å². The summed E-state index contributed by atoms with van der Waals surface area (Å²) in [6.45, 7) is 5.21. The van der Waals surface area contributed by atoms with Crippen LogP contribution in [0.1, 0.15) is 65.2 Å². The van der Waals surface area contributed by atoms with Crippen molar-refractivity contribution >= 4 is 16.6 Å². The number of hydrogen-bond acceptors (Lipinski definition) is 5. The Kier molecular flexibility index (Phi) is 8.96. The predicted molar refractivity (Wildman–Crippen MR) is 115 cm³/mol. The minimum absolute atomic E-state index is 0.0605. The molecule has 1 aromatic heterocycles. The number of nitrogens with zero attached hydrogens (tertiary/aromatic N) is 2. The van der Waals surface area contributed by atoms with E-state index in [0.29, 0.717) is 29.9 Å². The Morgan fingerprint density at radius 1 is 0.931 bits per heavy atom. The van der Waals surface area contributed by atoms with Gasteiger partial charge >= 0.3 is 0 Å². The Morgan fingerprint density at radius 3 is 2.07 bits per heavy atom. The summed E-state index contributed by atoms with van der Waals surface area (Å²) < 4.78 is 13.3. The number of pyridine rings is 1. The van der Waals surface area contributed by atoms with Crippen LogP contribution in [0.25, 0.3) is 10.9 Å². The quantitative estimate of drug-likeness (QED) is 0.255. The third kappa shape index (κ3) is 5.95. The zero-order valence-corrected chi connectivity index (χ0v) is 17.7. The topological polar surface area (TPSA) is 83.6 Å². The van der Waals surface area contributed by atoms with Gasteiger partial charge in [0.25, 0.3) is 11.2 Å². The summed E-state index contributed by atoms with van der Waals surface area (Å²) >= 11 is 0. The van der Waals surface area contributed by atoms with E-state index in [1.54, 1.807) is 13.1 Å². The van der Waals surface area contributed by atoms with Gasteiger partial charge in [0.1, 0.15) is 0 Å². The van der Waals surface area contributed by atoms with Crippen molar-refractivity contribution < 1.29 is 14.4 Å². The molecule has 0 unspecified atom stereocenters. The molecule has 7 nitrogen and oxygen atoms in total. The number of benzene rings is 1. The lowest BCUT2D eigenvalue weighted by Gasteiger charge is -2.17. The molecular weight excluding hydrogens is 372 g/mol. The first kappa shape index (κ1) is 22.7. The number of hydrogen-bond donors (Lipinski definition) is 0. The molecule has 160 valence electrons. The SMILES string of the molecule is CCCCCCOc1c(OCCCCCC)c2ccc([N+](=O)[O-])cc2n(C)c1=O. The van der Waals surface area contributed by atoms with Gasteiger partial charge in [0.15, 0.2) is 5.75 Å². The van der Waals surface area contributed by atoms with E-state index < -0.39 is 4.92 Å². The molecule has 1 heterocycles. The van der Waals surface area contributed by atoms with Crippen molar-refractivity contribution in [3.63, 3.8) is 0 Å². The van der Waals surface area contributed by atoms with E-state index in [1.807, 2.05) is 0 Å². The smallest absolute Gasteiger partial charge is 0.297 e. The number of fused-ring (bicyclic) bond motifs is 1. The second-order valence-electron chi connectivity index (χ2n) is 7.30. The van der Waals surface area contributed by atoms with Crippen LogP contribution in [0.2, 0.25) is 0 Å². The lowest BCUT2D eigenvalue weighted by Crippen LogP contribution is -2.21. The average molecular weight is 405 g/mol. The Labute approximate surface area is 171 Å². The van der Waals surface area contributed by atoms with Crippen LogP contribution in [0, 0.1) is 10.1 Å². The lowest BCUT2D eigenvalue weighted by atomic mass is 10.1. The third-order valence-corrected chi connectivity index (χ3v) is 4.99. The summed E-state index contributed by atoms with van der Waals surface area (Å²) in [6, 6.07) is 4.48. The maximum atomic E-state index is 12.9. The number of nitro groups is 1. The van der Waals surface area contributed by atoms with E-state index in [1.165, 1.54) is 16.7 Å². The number of ether oxygens (including phenoxy) is 2. The van der Waals surface area contributed by atoms with Gasteiger partial charge in [-0.2, -0.15) is 0 Å². The highest BCUT2D eigenvalue weighted by molar-refractivity contribution is 5.89. The summed E-state index contributed by atoms with van der Waals surface area (Å²) in [4.78, 5) is 23.6. The van der Waals surface area contributed by atoms with Crippen molar-refractivity contribution in [2.45, 2.75) is 65.2 Å². The van der Waals surface area contributed by atoms with E-state index in [2.05, 4.69) is 13.8 Å². The van der Waals surface area contributed by atoms with Gasteiger partial charge in [-0.3, -0.25) is 14.9 Å². The average Bonchev–Trinajstić information content (AvgIpc) is 2.72. The standard InChI is InChI=1S/C22H32N2O5/c1-4-6-8-10-14-28-20-18-13-12-17(24(26)27)16-19(18)23(3)22(25)21(20)29-15-11-9-7-5-2/h12-13,16H,4-11,14-15H2,1-3H3. The van der Waals surface area contributed by atoms with Crippen LogP contribution in [0.5, 0.6) is 11.5 Å². The fraction of sp³-hybridized carbons (Fsp3) is 0.591. The fourth-order valence-electron chi connectivity index (χ4n) is 3.26. The highest BCUT2D eigenvalue weighted by Gasteiger charge is 2.20. The highest BCUT2D eigenvalue weighted by atomic mass is 16.6. The molecule has 0 aliphatic rings. The maximum Gasteiger partial charge on any atom is 0.297 e. The fourth-order valence-corrected chi connectivity index (χ4v) is 3.26. The number of non-ortho nitro benzene ring substituents is 1. The molecule has 0 radical (unpaired) electrons. The molecule has 2 aromatic rings. The molecule has 0 aliphatic carbocycles. The van der Waals surface area contributed by atoms with Crippen LogP contribution in [0.3, 0.4) is 0 Å². The summed E-state index contributed by atoms with van der Waals surface area (Å²) in [6.07, 6.45) is 8.37. The lowest BCUT2D eigenvalue weighted by molar-refractivity contribution is -0.384. The molecule has 0 fully saturated rings. The predicted octanol–water partition coefficient (Wildman–Crippen LogP) is 5.36. The molecule has 0 bridgehead atoms. The Bertz CT molecular complexity index is 876. The van der Waals surface area contributed by atoms with Gasteiger partial charge in [0.2, 0.25) is 5.75 Å². The van der Waals surface area contributed by atoms with Gasteiger partial charge in [-0.15, -0.1) is 0 Å². The monoisotopic (exact) mass is 404 g/mol. The Morgan fingerprint density at radius 2 is 1.52 bits per heavy atom. The first-order valence-corrected chi connectivity index (χ1v) is 10.6. The third-order valence-electron chi connectivity index (χ3n) is 4.99. The molecule has 0 atom stereocenters. The number of aromatic nitrogens is 1. The summed E-state index contributed by atoms with van der Waals surface area (Å²) in [5.41, 5.74) is 0.0674. The van der Waals surface area contributed by atoms with Crippen molar-refractivity contribution in [3.05, 3.63) is 38.7 Å². The van der Waals surface area contributed by atoms with Crippen LogP contribution in [-0.4, -0.2) is 22.7 Å². The van der Waals surface area contributed by atoms with Crippen molar-refractivity contribution in [1.82, 2.24) is 4.57 Å². The van der Waals surface area contributed by atoms with E-state index in [-0.39, 0.29) is 17.0 Å². The van der Waals surface area contributed by atoms with Gasteiger partial charge in [-0.25, -0.2) is 0 Å². The van der Waals surface area contributed by atoms with Gasteiger partial charge in [0.05, 0.1) is 23.7 Å². The molecule has 1 aromatic carbocycles. The first-order valence-electron chi connectivity index (χ1n) is 10.6. The van der Waals surface area contributed by atoms with E-state index in [4.69, 9.17) is 9.47 Å². The van der Waals surface area contributed by atoms with Crippen LogP contribution < -0.4 is 15.0 Å². The van der Waals surface area contributed by atoms with Crippen LogP contribution in [0.15, 0.2) is 23.0 Å². The van der Waals surface area contributed by atoms with Crippen LogP contribution in [0.4, 0.5) is 5.69 Å². The highest BCUT2D eigenvalue weighted by Crippen LogP contribution is 2.34. The molecule has 29 heavy (non-hydrogen) atoms. The molecule has 0 saturated carbocycles. The molecule has 0 saturated heterocycles. The van der Waals surface area contributed by atoms with E-state index >= 15 is 0 Å². The van der Waals surface area contributed by atoms with Gasteiger partial charge in [-0.1, -0.05) is 52.4 Å². The summed E-state index contributed by atoms with van der Waals surface area (Å²) in [5, 5.41) is 11.8. The van der Waals surface area contributed by atoms with Gasteiger partial charge in [-0.05, 0) is 18.9 Å². The molecule has 7 heteroatoms. The van der Waals surface area contributed by atoms with Crippen molar-refractivity contribution in [1.29, 1.82) is 0 Å². The maximum absolute atomic E-state index is 12.9. The number of aryl methyl sites for hydroxylation is 1. The second-order valence-corrected chi connectivity index (χ2v) is 7.30. The number of rotatable bonds is 13. The molecule has 0 amide bonds. The minimum atomic E-state index is -0.465. The Balaban J connectivity index is 2.38. The van der Waals surface area contributed by atoms with E-state index in [9.17, 15) is 14.9 Å². The summed E-state index contributed by atoms with van der Waals surface area (Å²) in [5.74, 6) is 0.589. The van der Waals surface area contributed by atoms with Crippen molar-refractivity contribution in [2.75, 3.05) is 13.2 Å². The molecule has 0 aliphatic heterocycles. The van der Waals surface area contributed by atoms with Gasteiger partial charge < -0.3 is 14.0 Å². The van der Waals surface area contributed by atoms with Crippen LogP contribution in [-0.2, 0) is 7.05 Å². The molecule has 0 N–H and O–H groups in total. The molecular formula is C22H32N2O5. The van der Waals surface area contributed by atoms with Crippen molar-refractivity contribution in [2.24, 2.45) is 7.05 Å².